The summed E-state index contributed by atoms with van der Waals surface area (Å²) in [7, 11) is 1.68. The molecule has 2 aromatic carbocycles. The Balaban J connectivity index is 2.47. The van der Waals surface area contributed by atoms with E-state index in [1.54, 1.807) is 7.11 Å². The molecule has 3 heteroatoms. The second-order valence-electron chi connectivity index (χ2n) is 6.65. The van der Waals surface area contributed by atoms with Gasteiger partial charge in [0.15, 0.2) is 0 Å². The second-order valence-corrected chi connectivity index (χ2v) is 7.01. The van der Waals surface area contributed by atoms with Crippen molar-refractivity contribution in [1.82, 2.24) is 4.98 Å². The van der Waals surface area contributed by atoms with Gasteiger partial charge in [0.05, 0.1) is 12.8 Å². The molecule has 1 heterocycles. The lowest BCUT2D eigenvalue weighted by molar-refractivity contribution is 0.415. The van der Waals surface area contributed by atoms with Gasteiger partial charge in [-0.2, -0.15) is 0 Å². The first kappa shape index (κ1) is 15.8. The average molecular weight is 326 g/mol. The number of hydrogen-bond acceptors (Lipinski definition) is 2. The van der Waals surface area contributed by atoms with Crippen molar-refractivity contribution in [2.75, 3.05) is 7.11 Å². The van der Waals surface area contributed by atoms with Crippen molar-refractivity contribution in [2.45, 2.75) is 26.2 Å². The lowest BCUT2D eigenvalue weighted by Gasteiger charge is -2.24. The van der Waals surface area contributed by atoms with Crippen LogP contribution in [0.3, 0.4) is 0 Å². The molecule has 23 heavy (non-hydrogen) atoms. The Morgan fingerprint density at radius 3 is 2.26 bits per heavy atom. The van der Waals surface area contributed by atoms with Crippen LogP contribution >= 0.6 is 11.6 Å². The van der Waals surface area contributed by atoms with Crippen molar-refractivity contribution in [2.24, 2.45) is 0 Å². The Morgan fingerprint density at radius 1 is 0.957 bits per heavy atom. The summed E-state index contributed by atoms with van der Waals surface area (Å²) in [5, 5.41) is 2.55. The summed E-state index contributed by atoms with van der Waals surface area (Å²) in [6.45, 7) is 6.47. The zero-order chi connectivity index (χ0) is 16.6. The Hall–Kier alpha value is -2.06. The van der Waals surface area contributed by atoms with E-state index in [1.807, 2.05) is 36.4 Å². The van der Waals surface area contributed by atoms with E-state index in [0.717, 1.165) is 33.3 Å². The van der Waals surface area contributed by atoms with Gasteiger partial charge in [-0.1, -0.05) is 62.7 Å². The number of methoxy groups -OCH3 is 1. The molecule has 0 radical (unpaired) electrons. The van der Waals surface area contributed by atoms with Crippen molar-refractivity contribution in [3.8, 4) is 16.9 Å². The minimum Gasteiger partial charge on any atom is -0.497 e. The van der Waals surface area contributed by atoms with Crippen LogP contribution < -0.4 is 4.74 Å². The van der Waals surface area contributed by atoms with Gasteiger partial charge in [-0.05, 0) is 29.1 Å². The topological polar surface area (TPSA) is 22.1 Å². The fourth-order valence-electron chi connectivity index (χ4n) is 2.82. The highest BCUT2D eigenvalue weighted by molar-refractivity contribution is 6.35. The Morgan fingerprint density at radius 2 is 1.65 bits per heavy atom. The van der Waals surface area contributed by atoms with Gasteiger partial charge in [0.1, 0.15) is 10.9 Å². The van der Waals surface area contributed by atoms with E-state index in [2.05, 4.69) is 32.9 Å². The summed E-state index contributed by atoms with van der Waals surface area (Å²) in [5.74, 6) is 0.816. The lowest BCUT2D eigenvalue weighted by atomic mass is 9.84. The van der Waals surface area contributed by atoms with Crippen LogP contribution in [0.2, 0.25) is 5.15 Å². The summed E-state index contributed by atoms with van der Waals surface area (Å²) in [4.78, 5) is 4.73. The molecule has 0 unspecified atom stereocenters. The molecule has 0 aliphatic carbocycles. The van der Waals surface area contributed by atoms with Gasteiger partial charge in [0.25, 0.3) is 0 Å². The smallest absolute Gasteiger partial charge is 0.137 e. The number of benzene rings is 2. The first-order valence-electron chi connectivity index (χ1n) is 7.65. The van der Waals surface area contributed by atoms with E-state index in [-0.39, 0.29) is 5.41 Å². The van der Waals surface area contributed by atoms with Crippen LogP contribution in [0, 0.1) is 0 Å². The highest BCUT2D eigenvalue weighted by Crippen LogP contribution is 2.40. The van der Waals surface area contributed by atoms with E-state index in [1.165, 1.54) is 0 Å². The van der Waals surface area contributed by atoms with Crippen LogP contribution in [0.5, 0.6) is 5.75 Å². The third-order valence-electron chi connectivity index (χ3n) is 3.94. The molecule has 0 aliphatic heterocycles. The zero-order valence-electron chi connectivity index (χ0n) is 13.9. The Labute approximate surface area is 142 Å². The SMILES string of the molecule is COc1ccc2c(Cl)nc(C(C)(C)C)c(-c3ccccc3)c2c1. The number of aromatic nitrogens is 1. The van der Waals surface area contributed by atoms with Gasteiger partial charge in [-0.3, -0.25) is 0 Å². The zero-order valence-corrected chi connectivity index (χ0v) is 14.6. The third-order valence-corrected chi connectivity index (χ3v) is 4.23. The summed E-state index contributed by atoms with van der Waals surface area (Å²) in [6.07, 6.45) is 0. The first-order valence-corrected chi connectivity index (χ1v) is 8.03. The summed E-state index contributed by atoms with van der Waals surface area (Å²) < 4.78 is 5.42. The van der Waals surface area contributed by atoms with E-state index in [9.17, 15) is 0 Å². The molecule has 0 atom stereocenters. The van der Waals surface area contributed by atoms with Crippen LogP contribution in [0.25, 0.3) is 21.9 Å². The van der Waals surface area contributed by atoms with Gasteiger partial charge < -0.3 is 4.74 Å². The highest BCUT2D eigenvalue weighted by Gasteiger charge is 2.24. The number of pyridine rings is 1. The van der Waals surface area contributed by atoms with E-state index in [4.69, 9.17) is 21.3 Å². The average Bonchev–Trinajstić information content (AvgIpc) is 2.54. The molecular weight excluding hydrogens is 306 g/mol. The van der Waals surface area contributed by atoms with E-state index >= 15 is 0 Å². The Kier molecular flexibility index (Phi) is 4.03. The molecule has 1 aromatic heterocycles. The fraction of sp³-hybridized carbons (Fsp3) is 0.250. The minimum atomic E-state index is -0.119. The summed E-state index contributed by atoms with van der Waals surface area (Å²) >= 11 is 6.47. The van der Waals surface area contributed by atoms with Gasteiger partial charge in [0, 0.05) is 16.4 Å². The molecule has 0 N–H and O–H groups in total. The standard InChI is InChI=1S/C20H20ClNO/c1-20(2,3)18-17(13-8-6-5-7-9-13)16-12-14(23-4)10-11-15(16)19(21)22-18/h5-12H,1-4H3. The monoisotopic (exact) mass is 325 g/mol. The number of rotatable bonds is 2. The molecule has 2 nitrogen and oxygen atoms in total. The molecule has 0 fully saturated rings. The summed E-state index contributed by atoms with van der Waals surface area (Å²) in [5.41, 5.74) is 3.14. The number of ether oxygens (including phenoxy) is 1. The van der Waals surface area contributed by atoms with Crippen LogP contribution in [-0.4, -0.2) is 12.1 Å². The summed E-state index contributed by atoms with van der Waals surface area (Å²) in [6, 6.07) is 16.3. The van der Waals surface area contributed by atoms with Gasteiger partial charge in [0.2, 0.25) is 0 Å². The van der Waals surface area contributed by atoms with Gasteiger partial charge >= 0.3 is 0 Å². The van der Waals surface area contributed by atoms with Crippen molar-refractivity contribution in [1.29, 1.82) is 0 Å². The van der Waals surface area contributed by atoms with Crippen LogP contribution in [0.4, 0.5) is 0 Å². The largest absolute Gasteiger partial charge is 0.497 e. The first-order chi connectivity index (χ1) is 10.9. The second kappa shape index (κ2) is 5.86. The molecule has 0 saturated carbocycles. The van der Waals surface area contributed by atoms with E-state index < -0.39 is 0 Å². The van der Waals surface area contributed by atoms with Crippen LogP contribution in [0.15, 0.2) is 48.5 Å². The predicted molar refractivity (Wildman–Crippen MR) is 97.4 cm³/mol. The van der Waals surface area contributed by atoms with Crippen molar-refractivity contribution >= 4 is 22.4 Å². The number of hydrogen-bond donors (Lipinski definition) is 0. The molecule has 0 bridgehead atoms. The predicted octanol–water partition coefficient (Wildman–Crippen LogP) is 5.86. The van der Waals surface area contributed by atoms with Crippen LogP contribution in [0.1, 0.15) is 26.5 Å². The molecule has 0 aliphatic rings. The van der Waals surface area contributed by atoms with Gasteiger partial charge in [-0.25, -0.2) is 4.98 Å². The molecule has 0 amide bonds. The fourth-order valence-corrected chi connectivity index (χ4v) is 3.07. The maximum Gasteiger partial charge on any atom is 0.137 e. The Bertz CT molecular complexity index is 851. The maximum absolute atomic E-state index is 6.47. The highest BCUT2D eigenvalue weighted by atomic mass is 35.5. The minimum absolute atomic E-state index is 0.119. The number of fused-ring (bicyclic) bond motifs is 1. The van der Waals surface area contributed by atoms with Crippen molar-refractivity contribution in [3.05, 3.63) is 59.4 Å². The molecule has 0 spiro atoms. The quantitative estimate of drug-likeness (QED) is 0.550. The third kappa shape index (κ3) is 2.91. The number of halogens is 1. The molecule has 3 rings (SSSR count). The van der Waals surface area contributed by atoms with Crippen molar-refractivity contribution in [3.63, 3.8) is 0 Å². The van der Waals surface area contributed by atoms with E-state index in [0.29, 0.717) is 5.15 Å². The van der Waals surface area contributed by atoms with Crippen LogP contribution in [-0.2, 0) is 5.41 Å². The number of nitrogens with zero attached hydrogens (tertiary/aromatic N) is 1. The molecule has 3 aromatic rings. The lowest BCUT2D eigenvalue weighted by Crippen LogP contribution is -2.16. The molecule has 118 valence electrons. The normalized spacial score (nSPS) is 11.7. The molecule has 0 saturated heterocycles. The van der Waals surface area contributed by atoms with Gasteiger partial charge in [-0.15, -0.1) is 0 Å². The maximum atomic E-state index is 6.47. The van der Waals surface area contributed by atoms with Crippen molar-refractivity contribution < 1.29 is 4.74 Å². The molecular formula is C20H20ClNO.